The van der Waals surface area contributed by atoms with Gasteiger partial charge in [0.15, 0.2) is 5.75 Å². The maximum Gasteiger partial charge on any atom is 0.247 e. The number of carbonyl (C=O) groups excluding carboxylic acids is 1. The van der Waals surface area contributed by atoms with Gasteiger partial charge >= 0.3 is 0 Å². The van der Waals surface area contributed by atoms with Crippen molar-refractivity contribution in [2.45, 2.75) is 13.3 Å². The summed E-state index contributed by atoms with van der Waals surface area (Å²) in [6.07, 6.45) is 1.45. The van der Waals surface area contributed by atoms with Gasteiger partial charge in [-0.1, -0.05) is 52.2 Å². The van der Waals surface area contributed by atoms with Crippen molar-refractivity contribution in [2.24, 2.45) is 5.10 Å². The number of carbonyl (C=O) groups is 1. The Kier molecular flexibility index (Phi) is 9.89. The van der Waals surface area contributed by atoms with E-state index in [-0.39, 0.29) is 18.9 Å². The highest BCUT2D eigenvalue weighted by Gasteiger charge is 2.10. The smallest absolute Gasteiger partial charge is 0.247 e. The van der Waals surface area contributed by atoms with E-state index in [1.165, 1.54) is 11.8 Å². The minimum absolute atomic E-state index is 0.0284. The summed E-state index contributed by atoms with van der Waals surface area (Å²) in [5.41, 5.74) is 9.65. The van der Waals surface area contributed by atoms with Crippen molar-refractivity contribution in [3.8, 4) is 11.5 Å². The second-order valence-electron chi connectivity index (χ2n) is 6.94. The molecule has 3 N–H and O–H groups in total. The van der Waals surface area contributed by atoms with Crippen LogP contribution in [0.4, 0.5) is 5.13 Å². The zero-order valence-corrected chi connectivity index (χ0v) is 20.6. The Balaban J connectivity index is 1.37. The lowest BCUT2D eigenvalue weighted by Crippen LogP contribution is -2.19. The molecule has 1 heterocycles. The van der Waals surface area contributed by atoms with Crippen LogP contribution >= 0.6 is 34.5 Å². The van der Waals surface area contributed by atoms with Crippen LogP contribution in [0.15, 0.2) is 41.5 Å². The molecule has 0 unspecified atom stereocenters. The normalized spacial score (nSPS) is 11.0. The van der Waals surface area contributed by atoms with Crippen LogP contribution in [0.25, 0.3) is 0 Å². The zero-order valence-electron chi connectivity index (χ0n) is 18.3. The predicted octanol–water partition coefficient (Wildman–Crippen LogP) is 3.90. The fourth-order valence-corrected chi connectivity index (χ4v) is 3.86. The summed E-state index contributed by atoms with van der Waals surface area (Å²) in [7, 11) is 0. The Morgan fingerprint density at radius 2 is 1.76 bits per heavy atom. The molecule has 34 heavy (non-hydrogen) atoms. The SMILES string of the molecule is Cc1ccc(OCCOCCOc2c(Cl)cc(/C=N/NC(=O)Cc3nnc(N)s3)cc2Cl)cc1. The molecule has 9 nitrogen and oxygen atoms in total. The van der Waals surface area contributed by atoms with Gasteiger partial charge in [0.2, 0.25) is 11.0 Å². The molecule has 0 atom stereocenters. The number of halogens is 2. The summed E-state index contributed by atoms with van der Waals surface area (Å²) in [5, 5.41) is 12.8. The fourth-order valence-electron chi connectivity index (χ4n) is 2.64. The highest BCUT2D eigenvalue weighted by molar-refractivity contribution is 7.15. The molecular weight excluding hydrogens is 501 g/mol. The molecular formula is C22H23Cl2N5O4S. The minimum atomic E-state index is -0.353. The number of nitrogens with one attached hydrogen (secondary N) is 1. The van der Waals surface area contributed by atoms with E-state index in [9.17, 15) is 4.79 Å². The van der Waals surface area contributed by atoms with Crippen LogP contribution < -0.4 is 20.6 Å². The number of aromatic nitrogens is 2. The van der Waals surface area contributed by atoms with Gasteiger partial charge in [-0.2, -0.15) is 5.10 Å². The molecule has 3 rings (SSSR count). The van der Waals surface area contributed by atoms with Crippen molar-refractivity contribution in [2.75, 3.05) is 32.2 Å². The number of benzene rings is 2. The Hall–Kier alpha value is -2.92. The monoisotopic (exact) mass is 523 g/mol. The lowest BCUT2D eigenvalue weighted by molar-refractivity contribution is -0.120. The number of hydrogen-bond donors (Lipinski definition) is 2. The van der Waals surface area contributed by atoms with Gasteiger partial charge < -0.3 is 19.9 Å². The average Bonchev–Trinajstić information content (AvgIpc) is 3.20. The number of ether oxygens (including phenoxy) is 3. The molecule has 180 valence electrons. The third kappa shape index (κ3) is 8.45. The van der Waals surface area contributed by atoms with Gasteiger partial charge in [-0.15, -0.1) is 10.2 Å². The van der Waals surface area contributed by atoms with E-state index in [0.29, 0.717) is 51.3 Å². The van der Waals surface area contributed by atoms with Crippen molar-refractivity contribution >= 4 is 51.8 Å². The molecule has 0 aliphatic rings. The summed E-state index contributed by atoms with van der Waals surface area (Å²) in [6.45, 7) is 3.49. The van der Waals surface area contributed by atoms with E-state index in [2.05, 4.69) is 20.7 Å². The van der Waals surface area contributed by atoms with Gasteiger partial charge in [0.05, 0.1) is 35.9 Å². The molecule has 1 amide bonds. The molecule has 0 aliphatic carbocycles. The number of nitrogen functional groups attached to an aromatic ring is 1. The van der Waals surface area contributed by atoms with Gasteiger partial charge in [0.1, 0.15) is 24.0 Å². The van der Waals surface area contributed by atoms with Crippen molar-refractivity contribution in [3.05, 3.63) is 62.6 Å². The first-order valence-electron chi connectivity index (χ1n) is 10.2. The quantitative estimate of drug-likeness (QED) is 0.209. The lowest BCUT2D eigenvalue weighted by atomic mass is 10.2. The molecule has 12 heteroatoms. The van der Waals surface area contributed by atoms with Gasteiger partial charge in [-0.05, 0) is 36.8 Å². The molecule has 0 saturated carbocycles. The summed E-state index contributed by atoms with van der Waals surface area (Å²) < 4.78 is 16.8. The average molecular weight is 524 g/mol. The Morgan fingerprint density at radius 3 is 2.41 bits per heavy atom. The predicted molar refractivity (Wildman–Crippen MR) is 133 cm³/mol. The number of nitrogens with zero attached hydrogens (tertiary/aromatic N) is 3. The molecule has 0 aliphatic heterocycles. The molecule has 0 radical (unpaired) electrons. The zero-order chi connectivity index (χ0) is 24.3. The molecule has 1 aromatic heterocycles. The van der Waals surface area contributed by atoms with Crippen LogP contribution in [-0.4, -0.2) is 48.7 Å². The maximum absolute atomic E-state index is 11.9. The third-order valence-corrected chi connectivity index (χ3v) is 5.52. The number of rotatable bonds is 12. The highest BCUT2D eigenvalue weighted by Crippen LogP contribution is 2.33. The van der Waals surface area contributed by atoms with Crippen molar-refractivity contribution in [3.63, 3.8) is 0 Å². The van der Waals surface area contributed by atoms with Gasteiger partial charge in [0.25, 0.3) is 0 Å². The summed E-state index contributed by atoms with van der Waals surface area (Å²) in [6, 6.07) is 11.1. The molecule has 2 aromatic carbocycles. The summed E-state index contributed by atoms with van der Waals surface area (Å²) in [4.78, 5) is 11.9. The van der Waals surface area contributed by atoms with E-state index in [0.717, 1.165) is 17.1 Å². The molecule has 0 bridgehead atoms. The number of nitrogens with two attached hydrogens (primary N) is 1. The first-order chi connectivity index (χ1) is 16.4. The molecule has 0 saturated heterocycles. The minimum Gasteiger partial charge on any atom is -0.491 e. The van der Waals surface area contributed by atoms with Crippen LogP contribution in [0.2, 0.25) is 10.0 Å². The number of hydrogen-bond acceptors (Lipinski definition) is 9. The second kappa shape index (κ2) is 13.1. The van der Waals surface area contributed by atoms with E-state index >= 15 is 0 Å². The van der Waals surface area contributed by atoms with Crippen LogP contribution in [0.1, 0.15) is 16.1 Å². The first-order valence-corrected chi connectivity index (χ1v) is 11.8. The van der Waals surface area contributed by atoms with Gasteiger partial charge in [0, 0.05) is 0 Å². The topological polar surface area (TPSA) is 121 Å². The standard InChI is InChI=1S/C22H23Cl2N5O4S/c1-14-2-4-16(5-3-14)32-8-6-31-7-9-33-21-17(23)10-15(11-18(21)24)13-26-27-19(30)12-20-28-29-22(25)34-20/h2-5,10-11,13H,6-9,12H2,1H3,(H2,25,29)(H,27,30)/b26-13+. The van der Waals surface area contributed by atoms with Crippen LogP contribution in [0, 0.1) is 6.92 Å². The van der Waals surface area contributed by atoms with Crippen molar-refractivity contribution in [1.82, 2.24) is 15.6 Å². The maximum atomic E-state index is 11.9. The van der Waals surface area contributed by atoms with Crippen LogP contribution in [-0.2, 0) is 16.0 Å². The van der Waals surface area contributed by atoms with E-state index in [1.54, 1.807) is 12.1 Å². The largest absolute Gasteiger partial charge is 0.491 e. The number of aryl methyl sites for hydroxylation is 1. The van der Waals surface area contributed by atoms with Crippen LogP contribution in [0.3, 0.4) is 0 Å². The second-order valence-corrected chi connectivity index (χ2v) is 8.85. The van der Waals surface area contributed by atoms with Gasteiger partial charge in [-0.25, -0.2) is 5.43 Å². The first kappa shape index (κ1) is 25.7. The highest BCUT2D eigenvalue weighted by atomic mass is 35.5. The molecule has 3 aromatic rings. The van der Waals surface area contributed by atoms with E-state index < -0.39 is 0 Å². The lowest BCUT2D eigenvalue weighted by Gasteiger charge is -2.11. The van der Waals surface area contributed by atoms with Crippen molar-refractivity contribution < 1.29 is 19.0 Å². The third-order valence-electron chi connectivity index (χ3n) is 4.21. The Labute approximate surface area is 210 Å². The Morgan fingerprint density at radius 1 is 1.09 bits per heavy atom. The molecule has 0 fully saturated rings. The Bertz CT molecular complexity index is 1100. The van der Waals surface area contributed by atoms with Crippen LogP contribution in [0.5, 0.6) is 11.5 Å². The van der Waals surface area contributed by atoms with E-state index in [4.69, 9.17) is 43.1 Å². The summed E-state index contributed by atoms with van der Waals surface area (Å²) >= 11 is 13.7. The molecule has 0 spiro atoms. The van der Waals surface area contributed by atoms with Crippen molar-refractivity contribution in [1.29, 1.82) is 0 Å². The number of amides is 1. The van der Waals surface area contributed by atoms with Gasteiger partial charge in [-0.3, -0.25) is 4.79 Å². The number of hydrazone groups is 1. The number of anilines is 1. The summed E-state index contributed by atoms with van der Waals surface area (Å²) in [5.74, 6) is 0.793. The van der Waals surface area contributed by atoms with E-state index in [1.807, 2.05) is 31.2 Å². The fraction of sp³-hybridized carbons (Fsp3) is 0.273.